The number of allylic oxidation sites excluding steroid dienone is 1. The van der Waals surface area contributed by atoms with E-state index in [1.165, 1.54) is 6.07 Å². The summed E-state index contributed by atoms with van der Waals surface area (Å²) in [6.45, 7) is 2.07. The molecule has 1 aromatic carbocycles. The van der Waals surface area contributed by atoms with Crippen LogP contribution in [0, 0.1) is 17.6 Å². The Morgan fingerprint density at radius 3 is 2.81 bits per heavy atom. The zero-order valence-corrected chi connectivity index (χ0v) is 9.26. The van der Waals surface area contributed by atoms with E-state index in [2.05, 4.69) is 6.92 Å². The Balaban J connectivity index is 2.51. The van der Waals surface area contributed by atoms with Crippen molar-refractivity contribution in [1.29, 1.82) is 0 Å². The number of hydrogen-bond acceptors (Lipinski definition) is 1. The van der Waals surface area contributed by atoms with E-state index < -0.39 is 11.6 Å². The first-order valence-electron chi connectivity index (χ1n) is 5.57. The average Bonchev–Trinajstić information content (AvgIpc) is 2.39. The fraction of sp³-hybridized carbons (Fsp3) is 0.385. The molecular weight excluding hydrogens is 208 g/mol. The van der Waals surface area contributed by atoms with Crippen LogP contribution >= 0.6 is 0 Å². The van der Waals surface area contributed by atoms with Crippen molar-refractivity contribution in [2.45, 2.75) is 26.2 Å². The number of benzene rings is 1. The van der Waals surface area contributed by atoms with E-state index in [1.54, 1.807) is 0 Å². The van der Waals surface area contributed by atoms with E-state index in [9.17, 15) is 8.78 Å². The highest BCUT2D eigenvalue weighted by Gasteiger charge is 2.18. The Kier molecular flexibility index (Phi) is 2.95. The molecule has 0 fully saturated rings. The minimum absolute atomic E-state index is 0.356. The molecule has 0 spiro atoms. The summed E-state index contributed by atoms with van der Waals surface area (Å²) < 4.78 is 26.7. The molecule has 86 valence electrons. The van der Waals surface area contributed by atoms with Crippen LogP contribution in [0.3, 0.4) is 0 Å². The van der Waals surface area contributed by atoms with Crippen LogP contribution in [0.5, 0.6) is 0 Å². The van der Waals surface area contributed by atoms with Crippen molar-refractivity contribution in [3.05, 3.63) is 41.0 Å². The fourth-order valence-corrected chi connectivity index (χ4v) is 2.19. The van der Waals surface area contributed by atoms with Crippen LogP contribution in [0.4, 0.5) is 8.78 Å². The quantitative estimate of drug-likeness (QED) is 0.777. The van der Waals surface area contributed by atoms with Gasteiger partial charge < -0.3 is 5.73 Å². The van der Waals surface area contributed by atoms with Crippen LogP contribution < -0.4 is 5.73 Å². The Bertz CT molecular complexity index is 438. The molecule has 0 aliphatic heterocycles. The molecule has 1 nitrogen and oxygen atoms in total. The summed E-state index contributed by atoms with van der Waals surface area (Å²) in [5, 5.41) is 0. The predicted octanol–water partition coefficient (Wildman–Crippen LogP) is 3.24. The lowest BCUT2D eigenvalue weighted by Crippen LogP contribution is -2.02. The summed E-state index contributed by atoms with van der Waals surface area (Å²) in [5.74, 6) is -0.694. The van der Waals surface area contributed by atoms with Crippen LogP contribution in [0.2, 0.25) is 0 Å². The maximum absolute atomic E-state index is 13.6. The molecule has 1 unspecified atom stereocenters. The molecule has 1 aliphatic carbocycles. The van der Waals surface area contributed by atoms with Crippen molar-refractivity contribution in [1.82, 2.24) is 0 Å². The minimum Gasteiger partial charge on any atom is -0.398 e. The van der Waals surface area contributed by atoms with Gasteiger partial charge in [0.05, 0.1) is 0 Å². The largest absolute Gasteiger partial charge is 0.398 e. The lowest BCUT2D eigenvalue weighted by molar-refractivity contribution is 0.545. The lowest BCUT2D eigenvalue weighted by Gasteiger charge is -2.08. The van der Waals surface area contributed by atoms with Crippen LogP contribution in [-0.2, 0) is 6.42 Å². The standard InChI is InChI=1S/C13H15F2N/c1-2-8-3-4-10-11(13(16)5-8)6-9(14)7-12(10)15/h5-8H,2-4,16H2,1H3. The first kappa shape index (κ1) is 11.1. The van der Waals surface area contributed by atoms with Crippen molar-refractivity contribution >= 4 is 5.70 Å². The van der Waals surface area contributed by atoms with E-state index in [0.717, 1.165) is 18.9 Å². The molecule has 3 heteroatoms. The Morgan fingerprint density at radius 2 is 2.12 bits per heavy atom. The Hall–Kier alpha value is -1.38. The van der Waals surface area contributed by atoms with Gasteiger partial charge in [0.2, 0.25) is 0 Å². The molecule has 16 heavy (non-hydrogen) atoms. The molecule has 1 aromatic rings. The maximum Gasteiger partial charge on any atom is 0.129 e. The van der Waals surface area contributed by atoms with E-state index in [0.29, 0.717) is 29.2 Å². The van der Waals surface area contributed by atoms with Gasteiger partial charge in [0.25, 0.3) is 0 Å². The van der Waals surface area contributed by atoms with Crippen molar-refractivity contribution in [2.75, 3.05) is 0 Å². The normalized spacial score (nSPS) is 19.9. The zero-order valence-electron chi connectivity index (χ0n) is 9.26. The molecule has 1 aliphatic rings. The van der Waals surface area contributed by atoms with Gasteiger partial charge in [0, 0.05) is 17.3 Å². The minimum atomic E-state index is -0.567. The number of fused-ring (bicyclic) bond motifs is 1. The van der Waals surface area contributed by atoms with Crippen LogP contribution in [0.15, 0.2) is 18.2 Å². The molecule has 0 saturated heterocycles. The molecule has 1 atom stereocenters. The van der Waals surface area contributed by atoms with Gasteiger partial charge in [0.1, 0.15) is 11.6 Å². The second kappa shape index (κ2) is 4.24. The molecule has 0 aromatic heterocycles. The first-order chi connectivity index (χ1) is 7.61. The summed E-state index contributed by atoms with van der Waals surface area (Å²) >= 11 is 0. The van der Waals surface area contributed by atoms with Gasteiger partial charge >= 0.3 is 0 Å². The summed E-state index contributed by atoms with van der Waals surface area (Å²) in [4.78, 5) is 0. The SMILES string of the molecule is CCC1C=C(N)c2cc(F)cc(F)c2CC1. The molecule has 0 radical (unpaired) electrons. The Labute approximate surface area is 94.0 Å². The first-order valence-corrected chi connectivity index (χ1v) is 5.57. The summed E-state index contributed by atoms with van der Waals surface area (Å²) in [7, 11) is 0. The molecule has 2 N–H and O–H groups in total. The predicted molar refractivity (Wildman–Crippen MR) is 60.6 cm³/mol. The van der Waals surface area contributed by atoms with Crippen molar-refractivity contribution in [2.24, 2.45) is 11.7 Å². The molecule has 0 saturated carbocycles. The fourth-order valence-electron chi connectivity index (χ4n) is 2.19. The summed E-state index contributed by atoms with van der Waals surface area (Å²) in [6.07, 6.45) is 4.38. The monoisotopic (exact) mass is 223 g/mol. The number of halogens is 2. The highest BCUT2D eigenvalue weighted by atomic mass is 19.1. The number of nitrogens with two attached hydrogens (primary N) is 1. The maximum atomic E-state index is 13.6. The van der Waals surface area contributed by atoms with E-state index >= 15 is 0 Å². The van der Waals surface area contributed by atoms with E-state index in [-0.39, 0.29) is 0 Å². The van der Waals surface area contributed by atoms with Crippen LogP contribution in [0.25, 0.3) is 5.70 Å². The van der Waals surface area contributed by atoms with Gasteiger partial charge in [-0.3, -0.25) is 0 Å². The Morgan fingerprint density at radius 1 is 1.38 bits per heavy atom. The van der Waals surface area contributed by atoms with Gasteiger partial charge in [0.15, 0.2) is 0 Å². The third-order valence-electron chi connectivity index (χ3n) is 3.18. The van der Waals surface area contributed by atoms with E-state index in [4.69, 9.17) is 5.73 Å². The van der Waals surface area contributed by atoms with E-state index in [1.807, 2.05) is 6.08 Å². The molecule has 2 rings (SSSR count). The summed E-state index contributed by atoms with van der Waals surface area (Å²) in [5.41, 5.74) is 7.44. The molecule has 0 heterocycles. The lowest BCUT2D eigenvalue weighted by atomic mass is 9.99. The van der Waals surface area contributed by atoms with Gasteiger partial charge in [-0.05, 0) is 36.8 Å². The second-order valence-electron chi connectivity index (χ2n) is 4.24. The van der Waals surface area contributed by atoms with Crippen LogP contribution in [-0.4, -0.2) is 0 Å². The topological polar surface area (TPSA) is 26.0 Å². The third-order valence-corrected chi connectivity index (χ3v) is 3.18. The number of hydrogen-bond donors (Lipinski definition) is 1. The van der Waals surface area contributed by atoms with Gasteiger partial charge in [-0.15, -0.1) is 0 Å². The van der Waals surface area contributed by atoms with Gasteiger partial charge in [-0.25, -0.2) is 8.78 Å². The van der Waals surface area contributed by atoms with Crippen molar-refractivity contribution in [3.8, 4) is 0 Å². The zero-order chi connectivity index (χ0) is 11.7. The smallest absolute Gasteiger partial charge is 0.129 e. The summed E-state index contributed by atoms with van der Waals surface area (Å²) in [6, 6.07) is 2.25. The highest BCUT2D eigenvalue weighted by molar-refractivity contribution is 5.67. The molecule has 0 bridgehead atoms. The van der Waals surface area contributed by atoms with Gasteiger partial charge in [-0.1, -0.05) is 13.0 Å². The average molecular weight is 223 g/mol. The van der Waals surface area contributed by atoms with Crippen LogP contribution in [0.1, 0.15) is 30.9 Å². The van der Waals surface area contributed by atoms with Crippen molar-refractivity contribution in [3.63, 3.8) is 0 Å². The second-order valence-corrected chi connectivity index (χ2v) is 4.24. The highest BCUT2D eigenvalue weighted by Crippen LogP contribution is 2.29. The molecular formula is C13H15F2N. The number of rotatable bonds is 1. The van der Waals surface area contributed by atoms with Gasteiger partial charge in [-0.2, -0.15) is 0 Å². The third kappa shape index (κ3) is 1.94. The molecule has 0 amide bonds. The van der Waals surface area contributed by atoms with Crippen molar-refractivity contribution < 1.29 is 8.78 Å².